The molecule has 2 aromatic rings. The van der Waals surface area contributed by atoms with Crippen LogP contribution in [0.25, 0.3) is 0 Å². The summed E-state index contributed by atoms with van der Waals surface area (Å²) in [6.07, 6.45) is 0.0508. The number of hydrogen-bond acceptors (Lipinski definition) is 2. The molecule has 0 aliphatic carbocycles. The number of benzene rings is 2. The fourth-order valence-electron chi connectivity index (χ4n) is 1.73. The van der Waals surface area contributed by atoms with Gasteiger partial charge in [0.25, 0.3) is 0 Å². The summed E-state index contributed by atoms with van der Waals surface area (Å²) in [5, 5.41) is 0. The van der Waals surface area contributed by atoms with E-state index in [1.54, 1.807) is 36.4 Å². The summed E-state index contributed by atoms with van der Waals surface area (Å²) >= 11 is 0. The second kappa shape index (κ2) is 5.00. The van der Waals surface area contributed by atoms with Crippen LogP contribution in [0.5, 0.6) is 0 Å². The highest BCUT2D eigenvalue weighted by molar-refractivity contribution is 5.98. The predicted molar refractivity (Wildman–Crippen MR) is 70.0 cm³/mol. The highest BCUT2D eigenvalue weighted by Crippen LogP contribution is 2.16. The van der Waals surface area contributed by atoms with Crippen LogP contribution in [0.15, 0.2) is 42.5 Å². The lowest BCUT2D eigenvalue weighted by atomic mass is 10.0. The molecule has 0 radical (unpaired) electrons. The van der Waals surface area contributed by atoms with Gasteiger partial charge in [-0.2, -0.15) is 0 Å². The van der Waals surface area contributed by atoms with Crippen molar-refractivity contribution in [1.82, 2.24) is 0 Å². The van der Waals surface area contributed by atoms with Crippen molar-refractivity contribution in [2.45, 2.75) is 13.3 Å². The number of nitrogen functional groups attached to an aromatic ring is 1. The van der Waals surface area contributed by atoms with Crippen molar-refractivity contribution >= 4 is 11.5 Å². The number of carbonyl (C=O) groups excluding carboxylic acids is 1. The first-order valence-corrected chi connectivity index (χ1v) is 5.70. The van der Waals surface area contributed by atoms with Crippen molar-refractivity contribution in [2.24, 2.45) is 0 Å². The van der Waals surface area contributed by atoms with Gasteiger partial charge < -0.3 is 5.73 Å². The number of Topliss-reactive ketones (excluding diaryl/α,β-unsaturated/α-hetero) is 1. The van der Waals surface area contributed by atoms with Crippen molar-refractivity contribution in [3.63, 3.8) is 0 Å². The van der Waals surface area contributed by atoms with E-state index in [4.69, 9.17) is 5.73 Å². The molecule has 2 N–H and O–H groups in total. The molecule has 2 aromatic carbocycles. The minimum absolute atomic E-state index is 0.0508. The molecule has 92 valence electrons. The summed E-state index contributed by atoms with van der Waals surface area (Å²) < 4.78 is 13.4. The molecule has 0 unspecified atom stereocenters. The molecule has 18 heavy (non-hydrogen) atoms. The quantitative estimate of drug-likeness (QED) is 0.664. The summed E-state index contributed by atoms with van der Waals surface area (Å²) in [5.74, 6) is -0.488. The highest BCUT2D eigenvalue weighted by atomic mass is 19.1. The topological polar surface area (TPSA) is 43.1 Å². The van der Waals surface area contributed by atoms with Gasteiger partial charge in [0, 0.05) is 17.7 Å². The van der Waals surface area contributed by atoms with Crippen LogP contribution in [0.1, 0.15) is 21.5 Å². The molecule has 3 heteroatoms. The summed E-state index contributed by atoms with van der Waals surface area (Å²) in [6.45, 7) is 1.88. The molecule has 0 saturated heterocycles. The van der Waals surface area contributed by atoms with Gasteiger partial charge in [-0.25, -0.2) is 4.39 Å². The van der Waals surface area contributed by atoms with E-state index < -0.39 is 0 Å². The fourth-order valence-corrected chi connectivity index (χ4v) is 1.73. The van der Waals surface area contributed by atoms with Gasteiger partial charge in [0.1, 0.15) is 5.82 Å². The van der Waals surface area contributed by atoms with Gasteiger partial charge in [-0.15, -0.1) is 0 Å². The lowest BCUT2D eigenvalue weighted by molar-refractivity contribution is 0.0992. The number of anilines is 1. The molecule has 0 aromatic heterocycles. The SMILES string of the molecule is Cc1ccc(C(=O)Cc2ccccc2F)cc1N. The molecule has 0 aliphatic heterocycles. The van der Waals surface area contributed by atoms with E-state index in [9.17, 15) is 9.18 Å². The van der Waals surface area contributed by atoms with Crippen LogP contribution in [-0.2, 0) is 6.42 Å². The van der Waals surface area contributed by atoms with Crippen LogP contribution < -0.4 is 5.73 Å². The zero-order valence-corrected chi connectivity index (χ0v) is 10.1. The number of carbonyl (C=O) groups is 1. The minimum atomic E-state index is -0.356. The van der Waals surface area contributed by atoms with E-state index in [2.05, 4.69) is 0 Å². The van der Waals surface area contributed by atoms with Crippen LogP contribution in [0.3, 0.4) is 0 Å². The number of hydrogen-bond donors (Lipinski definition) is 1. The smallest absolute Gasteiger partial charge is 0.167 e. The fraction of sp³-hybridized carbons (Fsp3) is 0.133. The Labute approximate surface area is 105 Å². The summed E-state index contributed by atoms with van der Waals surface area (Å²) in [7, 11) is 0. The number of ketones is 1. The van der Waals surface area contributed by atoms with E-state index in [0.717, 1.165) is 5.56 Å². The van der Waals surface area contributed by atoms with Crippen molar-refractivity contribution in [3.8, 4) is 0 Å². The maximum atomic E-state index is 13.4. The third-order valence-electron chi connectivity index (χ3n) is 2.91. The standard InChI is InChI=1S/C15H14FNO/c1-10-6-7-12(8-14(10)17)15(18)9-11-4-2-3-5-13(11)16/h2-8H,9,17H2,1H3. The first-order chi connectivity index (χ1) is 8.58. The Morgan fingerprint density at radius 2 is 1.94 bits per heavy atom. The van der Waals surface area contributed by atoms with Crippen molar-refractivity contribution in [1.29, 1.82) is 0 Å². The zero-order chi connectivity index (χ0) is 13.1. The van der Waals surface area contributed by atoms with Gasteiger partial charge in [-0.1, -0.05) is 30.3 Å². The van der Waals surface area contributed by atoms with E-state index in [1.807, 2.05) is 6.92 Å². The van der Waals surface area contributed by atoms with Gasteiger partial charge in [-0.05, 0) is 30.2 Å². The molecule has 0 aliphatic rings. The van der Waals surface area contributed by atoms with E-state index in [1.165, 1.54) is 6.07 Å². The normalized spacial score (nSPS) is 10.3. The van der Waals surface area contributed by atoms with Crippen LogP contribution in [0.4, 0.5) is 10.1 Å². The maximum absolute atomic E-state index is 13.4. The predicted octanol–water partition coefficient (Wildman–Crippen LogP) is 3.14. The Morgan fingerprint density at radius 1 is 1.22 bits per heavy atom. The van der Waals surface area contributed by atoms with Crippen LogP contribution in [-0.4, -0.2) is 5.78 Å². The lowest BCUT2D eigenvalue weighted by Crippen LogP contribution is -2.06. The van der Waals surface area contributed by atoms with Gasteiger partial charge in [0.2, 0.25) is 0 Å². The monoisotopic (exact) mass is 243 g/mol. The maximum Gasteiger partial charge on any atom is 0.167 e. The Kier molecular flexibility index (Phi) is 3.42. The highest BCUT2D eigenvalue weighted by Gasteiger charge is 2.10. The average Bonchev–Trinajstić information content (AvgIpc) is 2.35. The van der Waals surface area contributed by atoms with Gasteiger partial charge in [0.15, 0.2) is 5.78 Å². The molecule has 0 atom stereocenters. The molecular weight excluding hydrogens is 229 g/mol. The third kappa shape index (κ3) is 2.56. The van der Waals surface area contributed by atoms with Crippen molar-refractivity contribution in [3.05, 3.63) is 65.0 Å². The molecule has 0 spiro atoms. The van der Waals surface area contributed by atoms with Crippen LogP contribution in [0, 0.1) is 12.7 Å². The second-order valence-corrected chi connectivity index (χ2v) is 4.26. The van der Waals surface area contributed by atoms with E-state index in [0.29, 0.717) is 16.8 Å². The summed E-state index contributed by atoms with van der Waals surface area (Å²) in [4.78, 5) is 12.0. The first-order valence-electron chi connectivity index (χ1n) is 5.70. The number of rotatable bonds is 3. The largest absolute Gasteiger partial charge is 0.398 e. The molecule has 0 heterocycles. The Hall–Kier alpha value is -2.16. The van der Waals surface area contributed by atoms with Crippen LogP contribution >= 0.6 is 0 Å². The van der Waals surface area contributed by atoms with Gasteiger partial charge in [0.05, 0.1) is 0 Å². The Balaban J connectivity index is 2.22. The second-order valence-electron chi connectivity index (χ2n) is 4.26. The molecule has 0 fully saturated rings. The van der Waals surface area contributed by atoms with Crippen molar-refractivity contribution in [2.75, 3.05) is 5.73 Å². The number of halogens is 1. The van der Waals surface area contributed by atoms with Gasteiger partial charge in [-0.3, -0.25) is 4.79 Å². The molecular formula is C15H14FNO. The summed E-state index contributed by atoms with van der Waals surface area (Å²) in [5.41, 5.74) is 8.18. The molecule has 0 amide bonds. The van der Waals surface area contributed by atoms with Crippen molar-refractivity contribution < 1.29 is 9.18 Å². The van der Waals surface area contributed by atoms with E-state index >= 15 is 0 Å². The number of aryl methyl sites for hydroxylation is 1. The minimum Gasteiger partial charge on any atom is -0.398 e. The molecule has 0 bridgehead atoms. The zero-order valence-electron chi connectivity index (χ0n) is 10.1. The Morgan fingerprint density at radius 3 is 2.61 bits per heavy atom. The first kappa shape index (κ1) is 12.3. The Bertz CT molecular complexity index is 593. The van der Waals surface area contributed by atoms with E-state index in [-0.39, 0.29) is 18.0 Å². The third-order valence-corrected chi connectivity index (χ3v) is 2.91. The lowest BCUT2D eigenvalue weighted by Gasteiger charge is -2.05. The van der Waals surface area contributed by atoms with Gasteiger partial charge >= 0.3 is 0 Å². The molecule has 0 saturated carbocycles. The molecule has 2 nitrogen and oxygen atoms in total. The summed E-state index contributed by atoms with van der Waals surface area (Å²) in [6, 6.07) is 11.4. The average molecular weight is 243 g/mol. The molecule has 2 rings (SSSR count). The number of nitrogens with two attached hydrogens (primary N) is 1. The van der Waals surface area contributed by atoms with Crippen LogP contribution in [0.2, 0.25) is 0 Å².